The van der Waals surface area contributed by atoms with Gasteiger partial charge in [-0.1, -0.05) is 6.07 Å². The fraction of sp³-hybridized carbons (Fsp3) is 0.0476. The van der Waals surface area contributed by atoms with Crippen LogP contribution in [0, 0.1) is 6.92 Å². The lowest BCUT2D eigenvalue weighted by molar-refractivity contribution is 0.635. The first kappa shape index (κ1) is 14.7. The molecule has 4 heterocycles. The van der Waals surface area contributed by atoms with Crippen molar-refractivity contribution in [2.45, 2.75) is 6.92 Å². The van der Waals surface area contributed by atoms with Gasteiger partial charge in [0.2, 0.25) is 0 Å². The molecule has 3 N–H and O–H groups in total. The number of nitrogens with zero attached hydrogens (tertiary/aromatic N) is 2. The number of aromatic amines is 1. The average molecular weight is 340 g/mol. The molecule has 0 bridgehead atoms. The summed E-state index contributed by atoms with van der Waals surface area (Å²) in [6.07, 6.45) is 7.43. The van der Waals surface area contributed by atoms with Crippen LogP contribution in [0.1, 0.15) is 5.56 Å². The van der Waals surface area contributed by atoms with Crippen molar-refractivity contribution in [3.05, 3.63) is 66.7 Å². The number of aryl methyl sites for hydroxylation is 1. The largest absolute Gasteiger partial charge is 0.441 e. The van der Waals surface area contributed by atoms with E-state index >= 15 is 0 Å². The highest BCUT2D eigenvalue weighted by Gasteiger charge is 2.15. The van der Waals surface area contributed by atoms with Crippen LogP contribution in [-0.4, -0.2) is 15.0 Å². The number of nitrogen functional groups attached to an aromatic ring is 1. The molecule has 0 atom stereocenters. The number of rotatable bonds is 2. The molecule has 0 saturated carbocycles. The molecule has 0 unspecified atom stereocenters. The molecule has 0 aliphatic carbocycles. The Morgan fingerprint density at radius 1 is 0.962 bits per heavy atom. The zero-order chi connectivity index (χ0) is 17.7. The molecule has 5 heteroatoms. The van der Waals surface area contributed by atoms with Crippen molar-refractivity contribution in [2.24, 2.45) is 0 Å². The van der Waals surface area contributed by atoms with Crippen molar-refractivity contribution in [3.63, 3.8) is 0 Å². The van der Waals surface area contributed by atoms with E-state index in [4.69, 9.17) is 10.2 Å². The van der Waals surface area contributed by atoms with Crippen molar-refractivity contribution in [1.29, 1.82) is 0 Å². The Labute approximate surface area is 149 Å². The Morgan fingerprint density at radius 3 is 2.65 bits per heavy atom. The van der Waals surface area contributed by atoms with E-state index in [0.717, 1.165) is 49.8 Å². The quantitative estimate of drug-likeness (QED) is 0.477. The number of aromatic nitrogens is 3. The van der Waals surface area contributed by atoms with Gasteiger partial charge in [0.1, 0.15) is 11.2 Å². The third kappa shape index (κ3) is 2.10. The van der Waals surface area contributed by atoms with Gasteiger partial charge in [-0.05, 0) is 53.9 Å². The lowest BCUT2D eigenvalue weighted by Gasteiger charge is -2.06. The number of anilines is 1. The van der Waals surface area contributed by atoms with Crippen molar-refractivity contribution in [3.8, 4) is 22.3 Å². The molecule has 5 aromatic rings. The van der Waals surface area contributed by atoms with E-state index in [9.17, 15) is 0 Å². The van der Waals surface area contributed by atoms with Gasteiger partial charge in [-0.25, -0.2) is 4.98 Å². The van der Waals surface area contributed by atoms with Gasteiger partial charge in [0.05, 0.1) is 0 Å². The second-order valence-electron chi connectivity index (χ2n) is 6.32. The van der Waals surface area contributed by atoms with Crippen molar-refractivity contribution in [1.82, 2.24) is 15.0 Å². The molecule has 5 nitrogen and oxygen atoms in total. The Kier molecular flexibility index (Phi) is 3.09. The normalized spacial score (nSPS) is 11.4. The molecule has 0 fully saturated rings. The lowest BCUT2D eigenvalue weighted by atomic mass is 9.97. The number of hydrogen-bond donors (Lipinski definition) is 2. The molecule has 0 amide bonds. The summed E-state index contributed by atoms with van der Waals surface area (Å²) in [5.74, 6) is 0.468. The molecular formula is C21H16N4O. The number of fused-ring (bicyclic) bond motifs is 2. The first-order valence-corrected chi connectivity index (χ1v) is 8.38. The predicted molar refractivity (Wildman–Crippen MR) is 104 cm³/mol. The summed E-state index contributed by atoms with van der Waals surface area (Å²) in [5, 5.41) is 2.12. The fourth-order valence-electron chi connectivity index (χ4n) is 3.46. The maximum absolute atomic E-state index is 5.92. The van der Waals surface area contributed by atoms with Crippen LogP contribution < -0.4 is 5.73 Å². The standard InChI is InChI=1S/C21H16N4O/c1-12-16-10-14(2-3-18(16)26-20(12)22)17-11-25-21-19(17)15(6-9-24-21)13-4-7-23-8-5-13/h2-11H,22H2,1H3,(H,24,25). The molecular weight excluding hydrogens is 324 g/mol. The van der Waals surface area contributed by atoms with Crippen LogP contribution in [0.15, 0.2) is 65.6 Å². The maximum atomic E-state index is 5.92. The molecule has 0 aliphatic heterocycles. The Hall–Kier alpha value is -3.60. The predicted octanol–water partition coefficient (Wildman–Crippen LogP) is 4.93. The van der Waals surface area contributed by atoms with E-state index in [-0.39, 0.29) is 0 Å². The van der Waals surface area contributed by atoms with Gasteiger partial charge in [-0.2, -0.15) is 0 Å². The highest BCUT2D eigenvalue weighted by molar-refractivity contribution is 6.05. The van der Waals surface area contributed by atoms with Crippen molar-refractivity contribution >= 4 is 27.9 Å². The average Bonchev–Trinajstić information content (AvgIpc) is 3.24. The van der Waals surface area contributed by atoms with Crippen LogP contribution in [0.5, 0.6) is 0 Å². The number of benzene rings is 1. The summed E-state index contributed by atoms with van der Waals surface area (Å²) in [5.41, 5.74) is 13.0. The molecule has 4 aromatic heterocycles. The van der Waals surface area contributed by atoms with Crippen molar-refractivity contribution in [2.75, 3.05) is 5.73 Å². The van der Waals surface area contributed by atoms with E-state index in [2.05, 4.69) is 27.1 Å². The first-order chi connectivity index (χ1) is 12.7. The Balaban J connectivity index is 1.79. The highest BCUT2D eigenvalue weighted by Crippen LogP contribution is 2.37. The maximum Gasteiger partial charge on any atom is 0.194 e. The van der Waals surface area contributed by atoms with Gasteiger partial charge >= 0.3 is 0 Å². The van der Waals surface area contributed by atoms with E-state index in [1.165, 1.54) is 0 Å². The molecule has 0 spiro atoms. The minimum atomic E-state index is 0.468. The fourth-order valence-corrected chi connectivity index (χ4v) is 3.46. The summed E-state index contributed by atoms with van der Waals surface area (Å²) >= 11 is 0. The SMILES string of the molecule is Cc1c(N)oc2ccc(-c3c[nH]c4nccc(-c5ccncc5)c34)cc12. The highest BCUT2D eigenvalue weighted by atomic mass is 16.3. The number of furan rings is 1. The molecule has 0 saturated heterocycles. The zero-order valence-electron chi connectivity index (χ0n) is 14.2. The zero-order valence-corrected chi connectivity index (χ0v) is 14.2. The second kappa shape index (κ2) is 5.46. The summed E-state index contributed by atoms with van der Waals surface area (Å²) in [7, 11) is 0. The van der Waals surface area contributed by atoms with Gasteiger partial charge in [0, 0.05) is 46.7 Å². The van der Waals surface area contributed by atoms with Gasteiger partial charge in [-0.3, -0.25) is 4.98 Å². The molecule has 0 aliphatic rings. The van der Waals surface area contributed by atoms with Gasteiger partial charge in [-0.15, -0.1) is 0 Å². The minimum Gasteiger partial charge on any atom is -0.441 e. The van der Waals surface area contributed by atoms with E-state index in [0.29, 0.717) is 5.88 Å². The van der Waals surface area contributed by atoms with E-state index in [1.54, 1.807) is 12.4 Å². The van der Waals surface area contributed by atoms with Gasteiger partial charge < -0.3 is 15.1 Å². The summed E-state index contributed by atoms with van der Waals surface area (Å²) < 4.78 is 5.60. The first-order valence-electron chi connectivity index (χ1n) is 8.38. The molecule has 5 rings (SSSR count). The minimum absolute atomic E-state index is 0.468. The number of pyridine rings is 2. The van der Waals surface area contributed by atoms with Crippen LogP contribution in [0.3, 0.4) is 0 Å². The van der Waals surface area contributed by atoms with Crippen LogP contribution in [0.4, 0.5) is 5.88 Å². The van der Waals surface area contributed by atoms with Crippen molar-refractivity contribution < 1.29 is 4.42 Å². The Morgan fingerprint density at radius 2 is 1.81 bits per heavy atom. The number of nitrogens with one attached hydrogen (secondary N) is 1. The molecule has 1 aromatic carbocycles. The third-order valence-electron chi connectivity index (χ3n) is 4.85. The topological polar surface area (TPSA) is 80.7 Å². The summed E-state index contributed by atoms with van der Waals surface area (Å²) in [4.78, 5) is 11.9. The third-order valence-corrected chi connectivity index (χ3v) is 4.85. The van der Waals surface area contributed by atoms with Crippen LogP contribution in [0.25, 0.3) is 44.3 Å². The summed E-state index contributed by atoms with van der Waals surface area (Å²) in [6, 6.07) is 12.2. The number of hydrogen-bond acceptors (Lipinski definition) is 4. The lowest BCUT2D eigenvalue weighted by Crippen LogP contribution is -1.85. The van der Waals surface area contributed by atoms with E-state index in [1.807, 2.05) is 43.6 Å². The van der Waals surface area contributed by atoms with Crippen LogP contribution >= 0.6 is 0 Å². The van der Waals surface area contributed by atoms with Gasteiger partial charge in [0.15, 0.2) is 5.88 Å². The summed E-state index contributed by atoms with van der Waals surface area (Å²) in [6.45, 7) is 1.98. The monoisotopic (exact) mass is 340 g/mol. The van der Waals surface area contributed by atoms with Gasteiger partial charge in [0.25, 0.3) is 0 Å². The van der Waals surface area contributed by atoms with E-state index < -0.39 is 0 Å². The van der Waals surface area contributed by atoms with Crippen LogP contribution in [0.2, 0.25) is 0 Å². The second-order valence-corrected chi connectivity index (χ2v) is 6.32. The molecule has 26 heavy (non-hydrogen) atoms. The smallest absolute Gasteiger partial charge is 0.194 e. The Bertz CT molecular complexity index is 1250. The molecule has 126 valence electrons. The number of H-pyrrole nitrogens is 1. The molecule has 0 radical (unpaired) electrons. The van der Waals surface area contributed by atoms with Crippen LogP contribution in [-0.2, 0) is 0 Å². The number of nitrogens with two attached hydrogens (primary N) is 1.